The van der Waals surface area contributed by atoms with Crippen LogP contribution in [-0.2, 0) is 5.75 Å². The zero-order chi connectivity index (χ0) is 20.4. The lowest BCUT2D eigenvalue weighted by atomic mass is 10.1. The molecule has 0 saturated heterocycles. The standard InChI is InChI=1S/C23H19F2N3S/c1-15-5-3-7-18(11-15)22-26-27-23(28(22)19-8-4-6-16(2)12-19)29-14-17-9-10-20(24)21(25)13-17/h3-13H,14H2,1-2H3. The summed E-state index contributed by atoms with van der Waals surface area (Å²) in [6.07, 6.45) is 0. The third kappa shape index (κ3) is 4.22. The zero-order valence-electron chi connectivity index (χ0n) is 16.1. The minimum absolute atomic E-state index is 0.453. The Kier molecular flexibility index (Phi) is 5.45. The van der Waals surface area contributed by atoms with Gasteiger partial charge in [-0.15, -0.1) is 10.2 Å². The van der Waals surface area contributed by atoms with Gasteiger partial charge in [-0.2, -0.15) is 0 Å². The van der Waals surface area contributed by atoms with Gasteiger partial charge in [0.1, 0.15) is 0 Å². The molecule has 1 aromatic heterocycles. The molecule has 0 atom stereocenters. The molecule has 0 aliphatic rings. The Hall–Kier alpha value is -2.99. The van der Waals surface area contributed by atoms with Gasteiger partial charge in [0.05, 0.1) is 0 Å². The second kappa shape index (κ2) is 8.17. The number of aromatic nitrogens is 3. The summed E-state index contributed by atoms with van der Waals surface area (Å²) in [5.41, 5.74) is 4.88. The van der Waals surface area contributed by atoms with E-state index in [0.717, 1.165) is 34.3 Å². The van der Waals surface area contributed by atoms with Crippen LogP contribution in [0, 0.1) is 25.5 Å². The van der Waals surface area contributed by atoms with Gasteiger partial charge in [0.25, 0.3) is 0 Å². The molecule has 0 N–H and O–H groups in total. The highest BCUT2D eigenvalue weighted by Crippen LogP contribution is 2.30. The molecule has 0 radical (unpaired) electrons. The van der Waals surface area contributed by atoms with Crippen molar-refractivity contribution in [2.75, 3.05) is 0 Å². The first-order valence-electron chi connectivity index (χ1n) is 9.17. The van der Waals surface area contributed by atoms with Crippen molar-refractivity contribution in [1.82, 2.24) is 14.8 Å². The van der Waals surface area contributed by atoms with Crippen molar-refractivity contribution < 1.29 is 8.78 Å². The molecule has 4 rings (SSSR count). The number of hydrogen-bond donors (Lipinski definition) is 0. The second-order valence-corrected chi connectivity index (χ2v) is 7.83. The van der Waals surface area contributed by atoms with Gasteiger partial charge >= 0.3 is 0 Å². The Bertz CT molecular complexity index is 1170. The van der Waals surface area contributed by atoms with Gasteiger partial charge < -0.3 is 0 Å². The Labute approximate surface area is 172 Å². The van der Waals surface area contributed by atoms with Gasteiger partial charge in [-0.05, 0) is 55.3 Å². The van der Waals surface area contributed by atoms with E-state index in [4.69, 9.17) is 0 Å². The topological polar surface area (TPSA) is 30.7 Å². The summed E-state index contributed by atoms with van der Waals surface area (Å²) in [7, 11) is 0. The van der Waals surface area contributed by atoms with Crippen LogP contribution in [0.1, 0.15) is 16.7 Å². The molecule has 3 aromatic carbocycles. The summed E-state index contributed by atoms with van der Waals surface area (Å²) in [6, 6.07) is 20.2. The normalized spacial score (nSPS) is 11.0. The van der Waals surface area contributed by atoms with Crippen LogP contribution in [0.4, 0.5) is 8.78 Å². The van der Waals surface area contributed by atoms with Gasteiger partial charge in [-0.25, -0.2) is 8.78 Å². The number of hydrogen-bond acceptors (Lipinski definition) is 3. The Morgan fingerprint density at radius 2 is 1.59 bits per heavy atom. The van der Waals surface area contributed by atoms with Crippen molar-refractivity contribution in [1.29, 1.82) is 0 Å². The summed E-state index contributed by atoms with van der Waals surface area (Å²) in [5, 5.41) is 9.52. The summed E-state index contributed by atoms with van der Waals surface area (Å²) in [6.45, 7) is 4.07. The van der Waals surface area contributed by atoms with Crippen LogP contribution in [0.5, 0.6) is 0 Å². The number of nitrogens with zero attached hydrogens (tertiary/aromatic N) is 3. The van der Waals surface area contributed by atoms with Gasteiger partial charge in [0, 0.05) is 17.0 Å². The third-order valence-electron chi connectivity index (χ3n) is 4.52. The molecule has 0 amide bonds. The van der Waals surface area contributed by atoms with E-state index in [2.05, 4.69) is 22.3 Å². The number of thioether (sulfide) groups is 1. The number of benzene rings is 3. The maximum absolute atomic E-state index is 13.5. The molecule has 0 fully saturated rings. The minimum atomic E-state index is -0.844. The number of aryl methyl sites for hydroxylation is 2. The van der Waals surface area contributed by atoms with E-state index in [1.807, 2.05) is 54.8 Å². The maximum Gasteiger partial charge on any atom is 0.196 e. The monoisotopic (exact) mass is 407 g/mol. The average molecular weight is 407 g/mol. The molecule has 146 valence electrons. The second-order valence-electron chi connectivity index (χ2n) is 6.89. The van der Waals surface area contributed by atoms with Crippen LogP contribution in [-0.4, -0.2) is 14.8 Å². The highest BCUT2D eigenvalue weighted by molar-refractivity contribution is 7.98. The molecule has 1 heterocycles. The quantitative estimate of drug-likeness (QED) is 0.373. The fraction of sp³-hybridized carbons (Fsp3) is 0.130. The van der Waals surface area contributed by atoms with Crippen molar-refractivity contribution in [3.05, 3.63) is 95.1 Å². The molecule has 0 unspecified atom stereocenters. The molecule has 0 spiro atoms. The fourth-order valence-electron chi connectivity index (χ4n) is 3.11. The van der Waals surface area contributed by atoms with E-state index in [1.165, 1.54) is 17.8 Å². The molecule has 0 bridgehead atoms. The molecular formula is C23H19F2N3S. The lowest BCUT2D eigenvalue weighted by molar-refractivity contribution is 0.507. The molecule has 0 aliphatic heterocycles. The smallest absolute Gasteiger partial charge is 0.196 e. The van der Waals surface area contributed by atoms with E-state index in [9.17, 15) is 8.78 Å². The summed E-state index contributed by atoms with van der Waals surface area (Å²) in [4.78, 5) is 0. The zero-order valence-corrected chi connectivity index (χ0v) is 16.9. The third-order valence-corrected chi connectivity index (χ3v) is 5.52. The van der Waals surface area contributed by atoms with Crippen LogP contribution in [0.3, 0.4) is 0 Å². The summed E-state index contributed by atoms with van der Waals surface area (Å²) in [5.74, 6) is -0.492. The van der Waals surface area contributed by atoms with Crippen LogP contribution in [0.15, 0.2) is 71.9 Å². The molecule has 29 heavy (non-hydrogen) atoms. The van der Waals surface area contributed by atoms with Gasteiger partial charge in [0.2, 0.25) is 0 Å². The van der Waals surface area contributed by atoms with Gasteiger partial charge in [0.15, 0.2) is 22.6 Å². The summed E-state index contributed by atoms with van der Waals surface area (Å²) >= 11 is 1.44. The van der Waals surface area contributed by atoms with E-state index in [0.29, 0.717) is 16.5 Å². The fourth-order valence-corrected chi connectivity index (χ4v) is 4.01. The Morgan fingerprint density at radius 1 is 0.828 bits per heavy atom. The summed E-state index contributed by atoms with van der Waals surface area (Å²) < 4.78 is 28.7. The molecule has 4 aromatic rings. The van der Waals surface area contributed by atoms with E-state index < -0.39 is 11.6 Å². The number of halogens is 2. The highest BCUT2D eigenvalue weighted by atomic mass is 32.2. The first kappa shape index (κ1) is 19.3. The first-order chi connectivity index (χ1) is 14.0. The lowest BCUT2D eigenvalue weighted by Gasteiger charge is -2.11. The predicted molar refractivity (Wildman–Crippen MR) is 112 cm³/mol. The SMILES string of the molecule is Cc1cccc(-c2nnc(SCc3ccc(F)c(F)c3)n2-c2cccc(C)c2)c1. The van der Waals surface area contributed by atoms with E-state index in [1.54, 1.807) is 6.07 Å². The molecule has 0 saturated carbocycles. The first-order valence-corrected chi connectivity index (χ1v) is 10.2. The molecular weight excluding hydrogens is 388 g/mol. The van der Waals surface area contributed by atoms with Crippen molar-refractivity contribution in [3.63, 3.8) is 0 Å². The maximum atomic E-state index is 13.5. The van der Waals surface area contributed by atoms with Crippen molar-refractivity contribution >= 4 is 11.8 Å². The largest absolute Gasteiger partial charge is 0.270 e. The number of rotatable bonds is 5. The van der Waals surface area contributed by atoms with Crippen LogP contribution >= 0.6 is 11.8 Å². The van der Waals surface area contributed by atoms with Crippen molar-refractivity contribution in [2.24, 2.45) is 0 Å². The van der Waals surface area contributed by atoms with E-state index >= 15 is 0 Å². The van der Waals surface area contributed by atoms with E-state index in [-0.39, 0.29) is 0 Å². The Balaban J connectivity index is 1.74. The molecule has 6 heteroatoms. The van der Waals surface area contributed by atoms with Gasteiger partial charge in [-0.1, -0.05) is 53.7 Å². The molecule has 0 aliphatic carbocycles. The van der Waals surface area contributed by atoms with Crippen LogP contribution < -0.4 is 0 Å². The molecule has 3 nitrogen and oxygen atoms in total. The highest BCUT2D eigenvalue weighted by Gasteiger charge is 2.17. The van der Waals surface area contributed by atoms with Crippen molar-refractivity contribution in [2.45, 2.75) is 24.8 Å². The van der Waals surface area contributed by atoms with Crippen molar-refractivity contribution in [3.8, 4) is 17.1 Å². The van der Waals surface area contributed by atoms with Gasteiger partial charge in [-0.3, -0.25) is 4.57 Å². The van der Waals surface area contributed by atoms with Crippen LogP contribution in [0.25, 0.3) is 17.1 Å². The lowest BCUT2D eigenvalue weighted by Crippen LogP contribution is -2.00. The predicted octanol–water partition coefficient (Wildman–Crippen LogP) is 6.12. The Morgan fingerprint density at radius 3 is 2.31 bits per heavy atom. The van der Waals surface area contributed by atoms with Crippen LogP contribution in [0.2, 0.25) is 0 Å². The average Bonchev–Trinajstić information content (AvgIpc) is 3.13. The minimum Gasteiger partial charge on any atom is -0.270 e.